The molecule has 2 saturated heterocycles. The van der Waals surface area contributed by atoms with E-state index in [9.17, 15) is 9.59 Å². The van der Waals surface area contributed by atoms with Gasteiger partial charge in [-0.3, -0.25) is 9.59 Å². The lowest BCUT2D eigenvalue weighted by molar-refractivity contribution is -0.143. The summed E-state index contributed by atoms with van der Waals surface area (Å²) in [5, 5.41) is 6.49. The summed E-state index contributed by atoms with van der Waals surface area (Å²) in [6, 6.07) is 0. The Morgan fingerprint density at radius 3 is 2.18 bits per heavy atom. The molecule has 0 aromatic rings. The van der Waals surface area contributed by atoms with E-state index in [0.717, 1.165) is 76.5 Å². The molecule has 0 bridgehead atoms. The van der Waals surface area contributed by atoms with E-state index < -0.39 is 5.54 Å². The number of hydrogen-bond donors (Lipinski definition) is 2. The Morgan fingerprint density at radius 1 is 1.05 bits per heavy atom. The summed E-state index contributed by atoms with van der Waals surface area (Å²) in [4.78, 5) is 26.9. The molecule has 2 amide bonds. The molecule has 124 valence electrons. The van der Waals surface area contributed by atoms with Crippen LogP contribution in [0.4, 0.5) is 0 Å². The van der Waals surface area contributed by atoms with E-state index in [2.05, 4.69) is 10.6 Å². The Balaban J connectivity index is 1.71. The van der Waals surface area contributed by atoms with Crippen molar-refractivity contribution in [2.24, 2.45) is 11.8 Å². The van der Waals surface area contributed by atoms with Crippen LogP contribution in [0.25, 0.3) is 0 Å². The van der Waals surface area contributed by atoms with Crippen LogP contribution in [0.5, 0.6) is 0 Å². The third kappa shape index (κ3) is 3.14. The smallest absolute Gasteiger partial charge is 0.248 e. The predicted molar refractivity (Wildman–Crippen MR) is 85.3 cm³/mol. The summed E-state index contributed by atoms with van der Waals surface area (Å²) in [5.41, 5.74) is -0.623. The van der Waals surface area contributed by atoms with Gasteiger partial charge in [-0.25, -0.2) is 0 Å². The maximum atomic E-state index is 13.2. The number of rotatable bonds is 2. The van der Waals surface area contributed by atoms with Crippen molar-refractivity contribution in [1.82, 2.24) is 15.5 Å². The highest BCUT2D eigenvalue weighted by Gasteiger charge is 2.43. The van der Waals surface area contributed by atoms with E-state index in [1.807, 2.05) is 4.90 Å². The molecule has 0 spiro atoms. The number of hydrogen-bond acceptors (Lipinski definition) is 3. The molecule has 5 nitrogen and oxygen atoms in total. The molecule has 1 saturated carbocycles. The van der Waals surface area contributed by atoms with Crippen LogP contribution in [-0.2, 0) is 9.59 Å². The topological polar surface area (TPSA) is 61.4 Å². The van der Waals surface area contributed by atoms with E-state index >= 15 is 0 Å². The fourth-order valence-electron chi connectivity index (χ4n) is 4.61. The third-order valence-electron chi connectivity index (χ3n) is 5.84. The van der Waals surface area contributed by atoms with Crippen LogP contribution in [0.1, 0.15) is 51.9 Å². The number of nitrogens with one attached hydrogen (secondary N) is 2. The van der Waals surface area contributed by atoms with Gasteiger partial charge in [0.25, 0.3) is 0 Å². The summed E-state index contributed by atoms with van der Waals surface area (Å²) in [6.07, 6.45) is 7.04. The van der Waals surface area contributed by atoms with Gasteiger partial charge in [-0.15, -0.1) is 0 Å². The van der Waals surface area contributed by atoms with Crippen molar-refractivity contribution in [3.63, 3.8) is 0 Å². The lowest BCUT2D eigenvalue weighted by Gasteiger charge is -2.40. The molecule has 1 aliphatic carbocycles. The number of carbonyl (C=O) groups is 2. The van der Waals surface area contributed by atoms with Crippen molar-refractivity contribution >= 4 is 11.8 Å². The zero-order valence-electron chi connectivity index (χ0n) is 13.7. The Labute approximate surface area is 133 Å². The molecule has 0 radical (unpaired) electrons. The van der Waals surface area contributed by atoms with Crippen LogP contribution in [0.15, 0.2) is 0 Å². The Hall–Kier alpha value is -1.10. The van der Waals surface area contributed by atoms with Crippen molar-refractivity contribution in [3.05, 3.63) is 0 Å². The van der Waals surface area contributed by atoms with Gasteiger partial charge in [0.2, 0.25) is 11.8 Å². The summed E-state index contributed by atoms with van der Waals surface area (Å²) >= 11 is 0. The zero-order chi connectivity index (χ0) is 15.6. The van der Waals surface area contributed by atoms with Crippen molar-refractivity contribution in [2.75, 3.05) is 26.2 Å². The fraction of sp³-hybridized carbons (Fsp3) is 0.882. The summed E-state index contributed by atoms with van der Waals surface area (Å²) in [5.74, 6) is 1.54. The molecule has 5 heteroatoms. The SMILES string of the molecule is CC(=O)NC1(C(=O)N2CC[C@@H]3CNC[C@@H]3CC2)CCCCC1. The minimum absolute atomic E-state index is 0.0776. The molecule has 2 N–H and O–H groups in total. The molecule has 3 fully saturated rings. The molecule has 22 heavy (non-hydrogen) atoms. The third-order valence-corrected chi connectivity index (χ3v) is 5.84. The minimum Gasteiger partial charge on any atom is -0.342 e. The van der Waals surface area contributed by atoms with E-state index in [0.29, 0.717) is 0 Å². The van der Waals surface area contributed by atoms with E-state index in [4.69, 9.17) is 0 Å². The summed E-state index contributed by atoms with van der Waals surface area (Å²) < 4.78 is 0. The van der Waals surface area contributed by atoms with E-state index in [1.54, 1.807) is 0 Å². The Morgan fingerprint density at radius 2 is 1.64 bits per heavy atom. The lowest BCUT2D eigenvalue weighted by atomic mass is 9.80. The highest BCUT2D eigenvalue weighted by molar-refractivity contribution is 5.91. The van der Waals surface area contributed by atoms with Gasteiger partial charge in [0.15, 0.2) is 0 Å². The average molecular weight is 307 g/mol. The summed E-state index contributed by atoms with van der Waals surface area (Å²) in [7, 11) is 0. The fourth-order valence-corrected chi connectivity index (χ4v) is 4.61. The second-order valence-electron chi connectivity index (χ2n) is 7.37. The lowest BCUT2D eigenvalue weighted by Crippen LogP contribution is -2.60. The largest absolute Gasteiger partial charge is 0.342 e. The number of fused-ring (bicyclic) bond motifs is 1. The molecule has 3 aliphatic rings. The maximum Gasteiger partial charge on any atom is 0.248 e. The van der Waals surface area contributed by atoms with Gasteiger partial charge in [-0.05, 0) is 50.6 Å². The number of carbonyl (C=O) groups excluding carboxylic acids is 2. The molecular formula is C17H29N3O2. The monoisotopic (exact) mass is 307 g/mol. The first kappa shape index (κ1) is 15.8. The molecule has 2 atom stereocenters. The highest BCUT2D eigenvalue weighted by Crippen LogP contribution is 2.33. The predicted octanol–water partition coefficient (Wildman–Crippen LogP) is 1.28. The van der Waals surface area contributed by atoms with Gasteiger partial charge in [-0.1, -0.05) is 19.3 Å². The first-order valence-electron chi connectivity index (χ1n) is 8.89. The minimum atomic E-state index is -0.623. The molecular weight excluding hydrogens is 278 g/mol. The molecule has 0 aromatic carbocycles. The highest BCUT2D eigenvalue weighted by atomic mass is 16.2. The van der Waals surface area contributed by atoms with Crippen LogP contribution in [0.2, 0.25) is 0 Å². The maximum absolute atomic E-state index is 13.2. The standard InChI is InChI=1S/C17H29N3O2/c1-13(21)19-17(7-3-2-4-8-17)16(22)20-9-5-14-11-18-12-15(14)6-10-20/h14-15,18H,2-12H2,1H3,(H,19,21)/t14-,15+. The van der Waals surface area contributed by atoms with Gasteiger partial charge >= 0.3 is 0 Å². The Bertz CT molecular complexity index is 418. The molecule has 2 heterocycles. The van der Waals surface area contributed by atoms with Gasteiger partial charge in [-0.2, -0.15) is 0 Å². The van der Waals surface area contributed by atoms with Crippen LogP contribution in [0.3, 0.4) is 0 Å². The van der Waals surface area contributed by atoms with Gasteiger partial charge < -0.3 is 15.5 Å². The second-order valence-corrected chi connectivity index (χ2v) is 7.37. The first-order valence-corrected chi connectivity index (χ1v) is 8.89. The molecule has 3 rings (SSSR count). The quantitative estimate of drug-likeness (QED) is 0.808. The van der Waals surface area contributed by atoms with Gasteiger partial charge in [0.1, 0.15) is 5.54 Å². The van der Waals surface area contributed by atoms with Crippen molar-refractivity contribution in [2.45, 2.75) is 57.4 Å². The molecule has 0 unspecified atom stereocenters. The molecule has 2 aliphatic heterocycles. The first-order chi connectivity index (χ1) is 10.6. The van der Waals surface area contributed by atoms with Crippen LogP contribution in [-0.4, -0.2) is 48.4 Å². The summed E-state index contributed by atoms with van der Waals surface area (Å²) in [6.45, 7) is 5.43. The number of likely N-dealkylation sites (tertiary alicyclic amines) is 1. The van der Waals surface area contributed by atoms with E-state index in [1.165, 1.54) is 13.3 Å². The zero-order valence-corrected chi connectivity index (χ0v) is 13.7. The Kier molecular flexibility index (Phi) is 4.71. The van der Waals surface area contributed by atoms with Crippen molar-refractivity contribution in [1.29, 1.82) is 0 Å². The van der Waals surface area contributed by atoms with Crippen LogP contribution in [0, 0.1) is 11.8 Å². The van der Waals surface area contributed by atoms with Gasteiger partial charge in [0.05, 0.1) is 0 Å². The van der Waals surface area contributed by atoms with Crippen LogP contribution < -0.4 is 10.6 Å². The normalized spacial score (nSPS) is 31.2. The van der Waals surface area contributed by atoms with E-state index in [-0.39, 0.29) is 11.8 Å². The van der Waals surface area contributed by atoms with Crippen molar-refractivity contribution < 1.29 is 9.59 Å². The van der Waals surface area contributed by atoms with Gasteiger partial charge in [0, 0.05) is 20.0 Å². The second kappa shape index (κ2) is 6.57. The average Bonchev–Trinajstić information content (AvgIpc) is 2.86. The number of amides is 2. The molecule has 0 aromatic heterocycles. The van der Waals surface area contributed by atoms with Crippen LogP contribution >= 0.6 is 0 Å². The number of nitrogens with zero attached hydrogens (tertiary/aromatic N) is 1. The van der Waals surface area contributed by atoms with Crippen molar-refractivity contribution in [3.8, 4) is 0 Å².